The average molecular weight is 288 g/mol. The normalized spacial score (nSPS) is 12.1. The van der Waals surface area contributed by atoms with E-state index in [1.807, 2.05) is 0 Å². The van der Waals surface area contributed by atoms with Crippen LogP contribution in [0.1, 0.15) is 33.6 Å². The second-order valence-corrected chi connectivity index (χ2v) is 9.63. The van der Waals surface area contributed by atoms with Gasteiger partial charge in [-0.25, -0.2) is 0 Å². The molecule has 0 aliphatic carbocycles. The van der Waals surface area contributed by atoms with Crippen LogP contribution < -0.4 is 0 Å². The van der Waals surface area contributed by atoms with E-state index in [1.54, 1.807) is 0 Å². The minimum absolute atomic E-state index is 0.341. The molecule has 0 saturated carbocycles. The molecule has 0 aromatic rings. The Morgan fingerprint density at radius 2 is 1.71 bits per heavy atom. The van der Waals surface area contributed by atoms with Crippen LogP contribution in [0.4, 0.5) is 0 Å². The van der Waals surface area contributed by atoms with Gasteiger partial charge in [0, 0.05) is 6.61 Å². The zero-order valence-electron chi connectivity index (χ0n) is 10.3. The summed E-state index contributed by atoms with van der Waals surface area (Å²) in [5.74, 6) is 0. The Labute approximate surface area is 105 Å². The van der Waals surface area contributed by atoms with Crippen LogP contribution in [-0.4, -0.2) is 14.9 Å². The van der Waals surface area contributed by atoms with Crippen molar-refractivity contribution in [3.05, 3.63) is 6.92 Å². The third-order valence-corrected chi connectivity index (χ3v) is 7.20. The molecule has 0 fully saturated rings. The molecule has 82 valence electrons. The molecule has 0 amide bonds. The number of hydrogen-bond acceptors (Lipinski definition) is 1. The van der Waals surface area contributed by atoms with Crippen LogP contribution in [0.3, 0.4) is 0 Å². The predicted octanol–water partition coefficient (Wildman–Crippen LogP) is 4.31. The Balaban J connectivity index is 0. The summed E-state index contributed by atoms with van der Waals surface area (Å²) in [7, 11) is 3.29. The van der Waals surface area contributed by atoms with E-state index in [1.165, 1.54) is 0 Å². The van der Waals surface area contributed by atoms with E-state index in [4.69, 9.17) is 14.1 Å². The van der Waals surface area contributed by atoms with Gasteiger partial charge in [-0.05, 0) is 18.1 Å². The molecule has 4 heteroatoms. The molecule has 0 heterocycles. The number of unbranched alkanes of at least 4 members (excludes halogenated alkanes) is 1. The van der Waals surface area contributed by atoms with Gasteiger partial charge in [0.2, 0.25) is 0 Å². The average Bonchev–Trinajstić information content (AvgIpc) is 2.06. The SMILES string of the molecule is [CH2-]CCCO[Si](C)(C)C(C)(C)C.[Cl][Zn+]. The van der Waals surface area contributed by atoms with Crippen LogP contribution >= 0.6 is 9.69 Å². The van der Waals surface area contributed by atoms with Crippen molar-refractivity contribution in [3.63, 3.8) is 0 Å². The molecule has 0 bridgehead atoms. The quantitative estimate of drug-likeness (QED) is 0.425. The first kappa shape index (κ1) is 17.5. The summed E-state index contributed by atoms with van der Waals surface area (Å²) in [4.78, 5) is 0. The van der Waals surface area contributed by atoms with E-state index in [-0.39, 0.29) is 0 Å². The first-order valence-corrected chi connectivity index (χ1v) is 11.8. The number of hydrogen-bond donors (Lipinski definition) is 0. The second-order valence-electron chi connectivity index (χ2n) is 4.82. The van der Waals surface area contributed by atoms with E-state index >= 15 is 0 Å². The van der Waals surface area contributed by atoms with Gasteiger partial charge in [0.25, 0.3) is 0 Å². The van der Waals surface area contributed by atoms with Crippen molar-refractivity contribution in [2.45, 2.75) is 51.7 Å². The Bertz CT molecular complexity index is 135. The van der Waals surface area contributed by atoms with Crippen LogP contribution in [0.25, 0.3) is 0 Å². The van der Waals surface area contributed by atoms with Crippen LogP contribution in [0.5, 0.6) is 0 Å². The molecule has 0 spiro atoms. The fraction of sp³-hybridized carbons (Fsp3) is 0.900. The van der Waals surface area contributed by atoms with Gasteiger partial charge in [0.15, 0.2) is 8.32 Å². The van der Waals surface area contributed by atoms with Gasteiger partial charge in [0.1, 0.15) is 0 Å². The molecular weight excluding hydrogens is 265 g/mol. The van der Waals surface area contributed by atoms with Crippen molar-refractivity contribution in [2.75, 3.05) is 6.61 Å². The summed E-state index contributed by atoms with van der Waals surface area (Å²) in [6.07, 6.45) is 2.07. The molecule has 0 aliphatic heterocycles. The summed E-state index contributed by atoms with van der Waals surface area (Å²) in [5, 5.41) is 0.341. The Morgan fingerprint density at radius 3 is 2.00 bits per heavy atom. The van der Waals surface area contributed by atoms with Crippen LogP contribution in [0.2, 0.25) is 18.1 Å². The van der Waals surface area contributed by atoms with Gasteiger partial charge in [-0.15, -0.1) is 0 Å². The zero-order valence-corrected chi connectivity index (χ0v) is 15.0. The number of halogens is 1. The van der Waals surface area contributed by atoms with E-state index in [2.05, 4.69) is 40.8 Å². The van der Waals surface area contributed by atoms with Gasteiger partial charge in [-0.1, -0.05) is 27.2 Å². The fourth-order valence-electron chi connectivity index (χ4n) is 0.646. The van der Waals surface area contributed by atoms with E-state index in [9.17, 15) is 0 Å². The van der Waals surface area contributed by atoms with E-state index < -0.39 is 8.32 Å². The van der Waals surface area contributed by atoms with Crippen LogP contribution in [0.15, 0.2) is 0 Å². The van der Waals surface area contributed by atoms with Gasteiger partial charge in [-0.2, -0.15) is 6.42 Å². The summed E-state index contributed by atoms with van der Waals surface area (Å²) >= 11 is 0.847. The molecule has 14 heavy (non-hydrogen) atoms. The van der Waals surface area contributed by atoms with Crippen molar-refractivity contribution in [1.82, 2.24) is 0 Å². The molecule has 0 atom stereocenters. The molecule has 0 radical (unpaired) electrons. The molecule has 0 aromatic heterocycles. The standard InChI is InChI=1S/C10H23OSi.ClH.Zn/c1-7-8-9-11-12(5,6)10(2,3)4;;/h1,7-9H2,2-6H3;1H;/q-1;;+2/p-1. The van der Waals surface area contributed by atoms with Crippen LogP contribution in [-0.2, 0) is 21.7 Å². The molecule has 0 rings (SSSR count). The predicted molar refractivity (Wildman–Crippen MR) is 63.6 cm³/mol. The van der Waals surface area contributed by atoms with Crippen molar-refractivity contribution < 1.29 is 21.7 Å². The summed E-state index contributed by atoms with van der Waals surface area (Å²) < 4.78 is 5.93. The van der Waals surface area contributed by atoms with Gasteiger partial charge in [0.05, 0.1) is 0 Å². The molecule has 0 aromatic carbocycles. The maximum atomic E-state index is 5.93. The van der Waals surface area contributed by atoms with Crippen molar-refractivity contribution in [2.24, 2.45) is 0 Å². The van der Waals surface area contributed by atoms with Gasteiger partial charge >= 0.3 is 27.0 Å². The molecular formula is C10H23ClOSiZn. The molecule has 1 nitrogen and oxygen atoms in total. The molecule has 0 aliphatic rings. The zero-order chi connectivity index (χ0) is 11.8. The van der Waals surface area contributed by atoms with Gasteiger partial charge in [-0.3, -0.25) is 0 Å². The maximum absolute atomic E-state index is 5.93. The first-order valence-electron chi connectivity index (χ1n) is 5.01. The number of rotatable bonds is 4. The van der Waals surface area contributed by atoms with Crippen LogP contribution in [0, 0.1) is 6.92 Å². The van der Waals surface area contributed by atoms with Gasteiger partial charge < -0.3 is 11.3 Å². The summed E-state index contributed by atoms with van der Waals surface area (Å²) in [5.41, 5.74) is 0. The summed E-state index contributed by atoms with van der Waals surface area (Å²) in [6.45, 7) is 16.1. The second kappa shape index (κ2) is 8.27. The fourth-order valence-corrected chi connectivity index (χ4v) is 1.73. The van der Waals surface area contributed by atoms with Crippen molar-refractivity contribution in [1.29, 1.82) is 0 Å². The third kappa shape index (κ3) is 7.39. The topological polar surface area (TPSA) is 9.23 Å². The minimum atomic E-state index is -1.47. The Kier molecular flexibility index (Phi) is 10.3. The molecule has 0 unspecified atom stereocenters. The van der Waals surface area contributed by atoms with Crippen molar-refractivity contribution in [3.8, 4) is 0 Å². The monoisotopic (exact) mass is 286 g/mol. The summed E-state index contributed by atoms with van der Waals surface area (Å²) in [6, 6.07) is 0. The molecule has 0 N–H and O–H groups in total. The molecule has 0 saturated heterocycles. The van der Waals surface area contributed by atoms with Crippen molar-refractivity contribution >= 4 is 18.0 Å². The first-order chi connectivity index (χ1) is 6.31. The third-order valence-electron chi connectivity index (χ3n) is 2.66. The van der Waals surface area contributed by atoms with E-state index in [0.717, 1.165) is 36.8 Å². The van der Waals surface area contributed by atoms with E-state index in [0.29, 0.717) is 5.04 Å². The Hall–Kier alpha value is 1.09. The Morgan fingerprint density at radius 1 is 1.29 bits per heavy atom.